The lowest BCUT2D eigenvalue weighted by Gasteiger charge is -2.49. The van der Waals surface area contributed by atoms with Crippen molar-refractivity contribution in [1.29, 1.82) is 0 Å². The van der Waals surface area contributed by atoms with E-state index in [1.807, 2.05) is 0 Å². The normalized spacial score (nSPS) is 52.6. The number of hydrogen-bond donors (Lipinski definition) is 1. The minimum atomic E-state index is 0.401. The van der Waals surface area contributed by atoms with Crippen molar-refractivity contribution in [3.63, 3.8) is 0 Å². The Labute approximate surface area is 142 Å². The molecule has 4 aliphatic carbocycles. The molecule has 0 bridgehead atoms. The van der Waals surface area contributed by atoms with Crippen LogP contribution in [0, 0.1) is 47.3 Å². The zero-order chi connectivity index (χ0) is 15.4. The summed E-state index contributed by atoms with van der Waals surface area (Å²) in [5, 5.41) is 9.38. The monoisotopic (exact) mass is 317 g/mol. The molecule has 1 aliphatic heterocycles. The van der Waals surface area contributed by atoms with Gasteiger partial charge in [-0.2, -0.15) is 0 Å². The van der Waals surface area contributed by atoms with Crippen LogP contribution in [-0.4, -0.2) is 36.2 Å². The number of fused-ring (bicyclic) bond motifs is 5. The van der Waals surface area contributed by atoms with Gasteiger partial charge in [0.05, 0.1) is 0 Å². The van der Waals surface area contributed by atoms with E-state index in [0.717, 1.165) is 48.0 Å². The molecule has 8 atom stereocenters. The van der Waals surface area contributed by atoms with Gasteiger partial charge >= 0.3 is 0 Å². The van der Waals surface area contributed by atoms with Crippen LogP contribution in [0.5, 0.6) is 0 Å². The number of aliphatic hydroxyl groups excluding tert-OH is 1. The number of aliphatic hydroxyl groups is 1. The Kier molecular flexibility index (Phi) is 3.98. The fourth-order valence-corrected chi connectivity index (χ4v) is 7.39. The Balaban J connectivity index is 1.24. The van der Waals surface area contributed by atoms with Crippen LogP contribution in [-0.2, 0) is 0 Å². The van der Waals surface area contributed by atoms with E-state index in [2.05, 4.69) is 4.90 Å². The molecule has 1 N–H and O–H groups in total. The summed E-state index contributed by atoms with van der Waals surface area (Å²) in [6.07, 6.45) is 13.7. The summed E-state index contributed by atoms with van der Waals surface area (Å²) in [4.78, 5) is 2.67. The zero-order valence-corrected chi connectivity index (χ0v) is 14.7. The van der Waals surface area contributed by atoms with Crippen LogP contribution in [0.1, 0.15) is 57.8 Å². The van der Waals surface area contributed by atoms with E-state index in [1.165, 1.54) is 25.9 Å². The summed E-state index contributed by atoms with van der Waals surface area (Å²) in [5.74, 6) is 8.26. The quantitative estimate of drug-likeness (QED) is 0.856. The molecule has 23 heavy (non-hydrogen) atoms. The number of likely N-dealkylation sites (tertiary alicyclic amines) is 1. The fourth-order valence-electron chi connectivity index (χ4n) is 7.39. The summed E-state index contributed by atoms with van der Waals surface area (Å²) in [6, 6.07) is 0. The molecule has 0 aromatic heterocycles. The predicted octanol–water partition coefficient (Wildman–Crippen LogP) is 3.79. The fraction of sp³-hybridized carbons (Fsp3) is 1.00. The van der Waals surface area contributed by atoms with Crippen molar-refractivity contribution in [2.75, 3.05) is 26.2 Å². The van der Waals surface area contributed by atoms with Gasteiger partial charge in [0.25, 0.3) is 0 Å². The average molecular weight is 318 g/mol. The molecule has 1 heterocycles. The van der Waals surface area contributed by atoms with Crippen molar-refractivity contribution in [1.82, 2.24) is 4.90 Å². The van der Waals surface area contributed by atoms with Crippen molar-refractivity contribution in [2.45, 2.75) is 57.8 Å². The number of nitrogens with zero attached hydrogens (tertiary/aromatic N) is 1. The molecule has 5 fully saturated rings. The van der Waals surface area contributed by atoms with Crippen LogP contribution in [0.25, 0.3) is 0 Å². The van der Waals surface area contributed by atoms with Crippen molar-refractivity contribution >= 4 is 0 Å². The van der Waals surface area contributed by atoms with Gasteiger partial charge in [0.2, 0.25) is 0 Å². The smallest absolute Gasteiger partial charge is 0.0471 e. The first kappa shape index (κ1) is 15.2. The van der Waals surface area contributed by atoms with Crippen LogP contribution in [0.2, 0.25) is 0 Å². The van der Waals surface area contributed by atoms with Crippen LogP contribution in [0.15, 0.2) is 0 Å². The highest BCUT2D eigenvalue weighted by molar-refractivity contribution is 5.02. The van der Waals surface area contributed by atoms with Gasteiger partial charge in [-0.3, -0.25) is 0 Å². The second-order valence-corrected chi connectivity index (χ2v) is 9.84. The maximum absolute atomic E-state index is 9.38. The molecular weight excluding hydrogens is 282 g/mol. The van der Waals surface area contributed by atoms with Crippen molar-refractivity contribution < 1.29 is 5.11 Å². The highest BCUT2D eigenvalue weighted by atomic mass is 16.3. The third-order valence-corrected chi connectivity index (χ3v) is 8.87. The maximum Gasteiger partial charge on any atom is 0.0471 e. The van der Waals surface area contributed by atoms with Crippen LogP contribution in [0.4, 0.5) is 0 Å². The Morgan fingerprint density at radius 1 is 0.696 bits per heavy atom. The molecule has 8 unspecified atom stereocenters. The van der Waals surface area contributed by atoms with Crippen LogP contribution in [0.3, 0.4) is 0 Å². The van der Waals surface area contributed by atoms with E-state index in [0.29, 0.717) is 12.5 Å². The lowest BCUT2D eigenvalue weighted by atomic mass is 9.57. The second-order valence-electron chi connectivity index (χ2n) is 9.84. The maximum atomic E-state index is 9.38. The second kappa shape index (κ2) is 6.02. The van der Waals surface area contributed by atoms with Gasteiger partial charge in [-0.05, 0) is 112 Å². The average Bonchev–Trinajstić information content (AvgIpc) is 2.93. The van der Waals surface area contributed by atoms with Gasteiger partial charge in [-0.1, -0.05) is 0 Å². The molecular formula is C21H35NO. The van der Waals surface area contributed by atoms with E-state index in [9.17, 15) is 5.11 Å². The molecule has 2 heteroatoms. The Bertz CT molecular complexity index is 438. The summed E-state index contributed by atoms with van der Waals surface area (Å²) in [7, 11) is 0. The highest BCUT2D eigenvalue weighted by Crippen LogP contribution is 2.61. The first-order chi connectivity index (χ1) is 11.3. The van der Waals surface area contributed by atoms with Gasteiger partial charge in [0.1, 0.15) is 0 Å². The van der Waals surface area contributed by atoms with Gasteiger partial charge < -0.3 is 10.0 Å². The molecule has 5 aliphatic rings. The Morgan fingerprint density at radius 3 is 2.09 bits per heavy atom. The summed E-state index contributed by atoms with van der Waals surface area (Å²) >= 11 is 0. The van der Waals surface area contributed by atoms with E-state index in [1.54, 1.807) is 44.9 Å². The van der Waals surface area contributed by atoms with E-state index >= 15 is 0 Å². The van der Waals surface area contributed by atoms with Gasteiger partial charge in [0, 0.05) is 19.7 Å². The molecule has 0 amide bonds. The molecule has 0 spiro atoms. The van der Waals surface area contributed by atoms with Crippen molar-refractivity contribution in [2.24, 2.45) is 47.3 Å². The minimum Gasteiger partial charge on any atom is -0.396 e. The molecule has 0 aromatic rings. The zero-order valence-electron chi connectivity index (χ0n) is 14.7. The third kappa shape index (κ3) is 2.59. The Morgan fingerprint density at radius 2 is 1.43 bits per heavy atom. The molecule has 4 saturated carbocycles. The summed E-state index contributed by atoms with van der Waals surface area (Å²) < 4.78 is 0. The van der Waals surface area contributed by atoms with E-state index < -0.39 is 0 Å². The first-order valence-electron chi connectivity index (χ1n) is 10.6. The van der Waals surface area contributed by atoms with Gasteiger partial charge in [-0.15, -0.1) is 0 Å². The summed E-state index contributed by atoms with van der Waals surface area (Å²) in [5.41, 5.74) is 0. The number of hydrogen-bond acceptors (Lipinski definition) is 2. The molecule has 1 saturated heterocycles. The molecule has 0 aromatic carbocycles. The lowest BCUT2D eigenvalue weighted by molar-refractivity contribution is 0.00459. The molecule has 2 nitrogen and oxygen atoms in total. The largest absolute Gasteiger partial charge is 0.396 e. The Hall–Kier alpha value is -0.0800. The SMILES string of the molecule is OCC1CCN(CC2CCC3C4CCC4CC4CCC4C3C2)C1. The lowest BCUT2D eigenvalue weighted by Crippen LogP contribution is -2.42. The molecule has 0 radical (unpaired) electrons. The van der Waals surface area contributed by atoms with Gasteiger partial charge in [0.15, 0.2) is 0 Å². The third-order valence-electron chi connectivity index (χ3n) is 8.87. The highest BCUT2D eigenvalue weighted by Gasteiger charge is 2.52. The van der Waals surface area contributed by atoms with E-state index in [-0.39, 0.29) is 0 Å². The predicted molar refractivity (Wildman–Crippen MR) is 93.0 cm³/mol. The van der Waals surface area contributed by atoms with Crippen LogP contribution >= 0.6 is 0 Å². The first-order valence-corrected chi connectivity index (χ1v) is 10.6. The van der Waals surface area contributed by atoms with Crippen molar-refractivity contribution in [3.05, 3.63) is 0 Å². The standard InChI is InChI=1S/C21H35NO/c23-13-15-7-8-22(12-15)11-14-1-4-20-18-5-2-16(18)10-17-3-6-19(17)21(20)9-14/h14-21,23H,1-13H2. The summed E-state index contributed by atoms with van der Waals surface area (Å²) in [6.45, 7) is 4.15. The van der Waals surface area contributed by atoms with Gasteiger partial charge in [-0.25, -0.2) is 0 Å². The molecule has 5 rings (SSSR count). The number of rotatable bonds is 3. The van der Waals surface area contributed by atoms with Crippen LogP contribution < -0.4 is 0 Å². The topological polar surface area (TPSA) is 23.5 Å². The minimum absolute atomic E-state index is 0.401. The molecule has 130 valence electrons. The van der Waals surface area contributed by atoms with E-state index in [4.69, 9.17) is 0 Å². The van der Waals surface area contributed by atoms with Crippen molar-refractivity contribution in [3.8, 4) is 0 Å².